The molecule has 3 aromatic heterocycles. The standard InChI is InChI=1S/C17H21ClN6O2S/c1-3-12-8-16-19-11-21-24(16)10-14(12)13-4-6-23(7-5-13)27(25,26)15-9-20-22(2)17(15)18/h8-11,13H,3-7H2,1-2H3. The first-order valence-corrected chi connectivity index (χ1v) is 10.7. The smallest absolute Gasteiger partial charge is 0.247 e. The number of aromatic nitrogens is 5. The Labute approximate surface area is 162 Å². The Balaban J connectivity index is 1.56. The molecule has 4 rings (SSSR count). The Morgan fingerprint density at radius 3 is 2.63 bits per heavy atom. The molecule has 1 aliphatic rings. The number of nitrogens with zero attached hydrogens (tertiary/aromatic N) is 6. The summed E-state index contributed by atoms with van der Waals surface area (Å²) in [7, 11) is -2.00. The Morgan fingerprint density at radius 1 is 1.26 bits per heavy atom. The van der Waals surface area contributed by atoms with Crippen molar-refractivity contribution in [3.05, 3.63) is 41.1 Å². The van der Waals surface area contributed by atoms with E-state index in [1.54, 1.807) is 17.9 Å². The zero-order valence-corrected chi connectivity index (χ0v) is 16.8. The monoisotopic (exact) mass is 408 g/mol. The molecule has 0 atom stereocenters. The van der Waals surface area contributed by atoms with Crippen LogP contribution in [0.1, 0.15) is 36.8 Å². The van der Waals surface area contributed by atoms with Gasteiger partial charge < -0.3 is 0 Å². The van der Waals surface area contributed by atoms with Gasteiger partial charge in [0.15, 0.2) is 5.65 Å². The summed E-state index contributed by atoms with van der Waals surface area (Å²) in [6.45, 7) is 3.03. The van der Waals surface area contributed by atoms with Crippen LogP contribution in [0.5, 0.6) is 0 Å². The van der Waals surface area contributed by atoms with Gasteiger partial charge in [0.25, 0.3) is 0 Å². The first kappa shape index (κ1) is 18.4. The molecule has 27 heavy (non-hydrogen) atoms. The highest BCUT2D eigenvalue weighted by atomic mass is 35.5. The molecular weight excluding hydrogens is 388 g/mol. The van der Waals surface area contributed by atoms with Gasteiger partial charge in [-0.3, -0.25) is 4.68 Å². The van der Waals surface area contributed by atoms with E-state index in [9.17, 15) is 8.42 Å². The van der Waals surface area contributed by atoms with Crippen LogP contribution in [0, 0.1) is 0 Å². The van der Waals surface area contributed by atoms with Crippen molar-refractivity contribution in [2.75, 3.05) is 13.1 Å². The van der Waals surface area contributed by atoms with E-state index >= 15 is 0 Å². The van der Waals surface area contributed by atoms with Crippen molar-refractivity contribution in [3.8, 4) is 0 Å². The van der Waals surface area contributed by atoms with Gasteiger partial charge in [-0.1, -0.05) is 18.5 Å². The van der Waals surface area contributed by atoms with Crippen LogP contribution >= 0.6 is 11.6 Å². The molecule has 0 saturated carbocycles. The van der Waals surface area contributed by atoms with E-state index in [0.29, 0.717) is 19.0 Å². The molecule has 0 spiro atoms. The number of hydrogen-bond donors (Lipinski definition) is 0. The lowest BCUT2D eigenvalue weighted by molar-refractivity contribution is 0.318. The maximum absolute atomic E-state index is 12.9. The van der Waals surface area contributed by atoms with Gasteiger partial charge in [0.05, 0.1) is 6.20 Å². The molecule has 4 heterocycles. The van der Waals surface area contributed by atoms with E-state index in [0.717, 1.165) is 24.9 Å². The zero-order valence-electron chi connectivity index (χ0n) is 15.2. The highest BCUT2D eigenvalue weighted by Gasteiger charge is 2.33. The van der Waals surface area contributed by atoms with E-state index in [4.69, 9.17) is 11.6 Å². The number of piperidine rings is 1. The van der Waals surface area contributed by atoms with Crippen molar-refractivity contribution in [2.24, 2.45) is 7.05 Å². The largest absolute Gasteiger partial charge is 0.256 e. The van der Waals surface area contributed by atoms with Gasteiger partial charge >= 0.3 is 0 Å². The molecule has 1 saturated heterocycles. The van der Waals surface area contributed by atoms with Crippen LogP contribution < -0.4 is 0 Å². The van der Waals surface area contributed by atoms with Gasteiger partial charge in [0.2, 0.25) is 10.0 Å². The van der Waals surface area contributed by atoms with Crippen molar-refractivity contribution in [3.63, 3.8) is 0 Å². The number of halogens is 1. The maximum atomic E-state index is 12.9. The molecule has 0 radical (unpaired) electrons. The Kier molecular flexibility index (Phi) is 4.69. The SMILES string of the molecule is CCc1cc2ncnn2cc1C1CCN(S(=O)(=O)c2cnn(C)c2Cl)CC1. The van der Waals surface area contributed by atoms with E-state index < -0.39 is 10.0 Å². The Morgan fingerprint density at radius 2 is 2.00 bits per heavy atom. The van der Waals surface area contributed by atoms with Crippen LogP contribution in [0.15, 0.2) is 29.7 Å². The summed E-state index contributed by atoms with van der Waals surface area (Å²) in [5.74, 6) is 0.296. The summed E-state index contributed by atoms with van der Waals surface area (Å²) in [6.07, 6.45) is 7.31. The number of pyridine rings is 1. The van der Waals surface area contributed by atoms with Crippen molar-refractivity contribution in [1.82, 2.24) is 28.7 Å². The first-order chi connectivity index (χ1) is 12.9. The van der Waals surface area contributed by atoms with Crippen molar-refractivity contribution in [2.45, 2.75) is 37.0 Å². The zero-order chi connectivity index (χ0) is 19.2. The van der Waals surface area contributed by atoms with Crippen molar-refractivity contribution >= 4 is 27.3 Å². The lowest BCUT2D eigenvalue weighted by Crippen LogP contribution is -2.38. The average molecular weight is 409 g/mol. The van der Waals surface area contributed by atoms with Crippen LogP contribution in [0.4, 0.5) is 0 Å². The third-order valence-electron chi connectivity index (χ3n) is 5.26. The molecule has 0 bridgehead atoms. The molecule has 144 valence electrons. The van der Waals surface area contributed by atoms with E-state index in [1.807, 2.05) is 6.20 Å². The molecule has 0 N–H and O–H groups in total. The van der Waals surface area contributed by atoms with Crippen LogP contribution in [0.3, 0.4) is 0 Å². The van der Waals surface area contributed by atoms with Crippen molar-refractivity contribution < 1.29 is 8.42 Å². The second kappa shape index (κ2) is 6.88. The summed E-state index contributed by atoms with van der Waals surface area (Å²) >= 11 is 6.10. The van der Waals surface area contributed by atoms with Gasteiger partial charge in [0, 0.05) is 26.3 Å². The number of fused-ring (bicyclic) bond motifs is 1. The van der Waals surface area contributed by atoms with E-state index in [2.05, 4.69) is 28.2 Å². The first-order valence-electron chi connectivity index (χ1n) is 8.91. The molecule has 8 nitrogen and oxygen atoms in total. The second-order valence-corrected chi connectivity index (χ2v) is 9.04. The second-order valence-electron chi connectivity index (χ2n) is 6.77. The van der Waals surface area contributed by atoms with Crippen molar-refractivity contribution in [1.29, 1.82) is 0 Å². The molecule has 1 aliphatic heterocycles. The van der Waals surface area contributed by atoms with Gasteiger partial charge in [-0.2, -0.15) is 14.5 Å². The molecule has 1 fully saturated rings. The summed E-state index contributed by atoms with van der Waals surface area (Å²) in [4.78, 5) is 4.32. The average Bonchev–Trinajstić information content (AvgIpc) is 3.27. The molecular formula is C17H21ClN6O2S. The summed E-state index contributed by atoms with van der Waals surface area (Å²) in [5.41, 5.74) is 3.31. The Bertz CT molecular complexity index is 1080. The normalized spacial score (nSPS) is 17.0. The fourth-order valence-electron chi connectivity index (χ4n) is 3.71. The minimum absolute atomic E-state index is 0.0726. The fraction of sp³-hybridized carbons (Fsp3) is 0.471. The lowest BCUT2D eigenvalue weighted by Gasteiger charge is -2.32. The highest BCUT2D eigenvalue weighted by Crippen LogP contribution is 2.34. The predicted molar refractivity (Wildman–Crippen MR) is 101 cm³/mol. The Hall–Kier alpha value is -1.97. The third kappa shape index (κ3) is 3.13. The van der Waals surface area contributed by atoms with Crippen LogP contribution in [0.2, 0.25) is 5.15 Å². The van der Waals surface area contributed by atoms with Gasteiger partial charge in [-0.15, -0.1) is 0 Å². The molecule has 3 aromatic rings. The topological polar surface area (TPSA) is 85.4 Å². The minimum atomic E-state index is -3.63. The summed E-state index contributed by atoms with van der Waals surface area (Å²) in [5, 5.41) is 8.32. The molecule has 0 aliphatic carbocycles. The highest BCUT2D eigenvalue weighted by molar-refractivity contribution is 7.89. The number of aryl methyl sites for hydroxylation is 2. The molecule has 0 amide bonds. The van der Waals surface area contributed by atoms with Gasteiger partial charge in [-0.05, 0) is 42.4 Å². The number of sulfonamides is 1. The van der Waals surface area contributed by atoms with E-state index in [1.165, 1.54) is 26.3 Å². The third-order valence-corrected chi connectivity index (χ3v) is 7.72. The van der Waals surface area contributed by atoms with E-state index in [-0.39, 0.29) is 10.0 Å². The lowest BCUT2D eigenvalue weighted by atomic mass is 9.87. The number of hydrogen-bond acceptors (Lipinski definition) is 5. The molecule has 0 aromatic carbocycles. The summed E-state index contributed by atoms with van der Waals surface area (Å²) in [6, 6.07) is 2.07. The predicted octanol–water partition coefficient (Wildman–Crippen LogP) is 2.25. The van der Waals surface area contributed by atoms with Crippen LogP contribution in [0.25, 0.3) is 5.65 Å². The quantitative estimate of drug-likeness (QED) is 0.660. The minimum Gasteiger partial charge on any atom is -0.256 e. The van der Waals surface area contributed by atoms with Gasteiger partial charge in [0.1, 0.15) is 16.4 Å². The maximum Gasteiger partial charge on any atom is 0.247 e. The van der Waals surface area contributed by atoms with Crippen LogP contribution in [-0.2, 0) is 23.5 Å². The molecule has 0 unspecified atom stereocenters. The fourth-order valence-corrected chi connectivity index (χ4v) is 5.59. The van der Waals surface area contributed by atoms with Crippen LogP contribution in [-0.4, -0.2) is 50.2 Å². The van der Waals surface area contributed by atoms with Gasteiger partial charge in [-0.25, -0.2) is 17.9 Å². The molecule has 10 heteroatoms. The number of rotatable bonds is 4. The summed E-state index contributed by atoms with van der Waals surface area (Å²) < 4.78 is 30.4.